The molecule has 0 bridgehead atoms. The summed E-state index contributed by atoms with van der Waals surface area (Å²) in [6.07, 6.45) is 1.48. The molecular weight excluding hydrogens is 436 g/mol. The molecule has 28 heavy (non-hydrogen) atoms. The molecule has 140 valence electrons. The van der Waals surface area contributed by atoms with E-state index in [1.165, 1.54) is 35.0 Å². The van der Waals surface area contributed by atoms with Gasteiger partial charge in [-0.05, 0) is 30.3 Å². The minimum atomic E-state index is -0.340. The van der Waals surface area contributed by atoms with Crippen LogP contribution in [0.5, 0.6) is 0 Å². The maximum Gasteiger partial charge on any atom is 0.211 e. The molecule has 2 aromatic heterocycles. The Morgan fingerprint density at radius 2 is 1.75 bits per heavy atom. The van der Waals surface area contributed by atoms with Crippen molar-refractivity contribution in [3.63, 3.8) is 0 Å². The Bertz CT molecular complexity index is 1220. The molecule has 0 N–H and O–H groups in total. The molecule has 8 heteroatoms. The molecule has 0 radical (unpaired) electrons. The molecule has 0 saturated carbocycles. The van der Waals surface area contributed by atoms with E-state index in [0.29, 0.717) is 25.4 Å². The summed E-state index contributed by atoms with van der Waals surface area (Å²) in [4.78, 5) is 6.19. The van der Waals surface area contributed by atoms with Crippen molar-refractivity contribution in [3.8, 4) is 10.6 Å². The van der Waals surface area contributed by atoms with Crippen LogP contribution < -0.4 is 4.80 Å². The third kappa shape index (κ3) is 4.10. The van der Waals surface area contributed by atoms with Crippen molar-refractivity contribution < 1.29 is 4.39 Å². The maximum absolute atomic E-state index is 14.0. The highest BCUT2D eigenvalue weighted by Gasteiger charge is 2.11. The number of halogens is 3. The van der Waals surface area contributed by atoms with E-state index in [1.807, 2.05) is 35.7 Å². The van der Waals surface area contributed by atoms with Crippen LogP contribution in [0.15, 0.2) is 76.1 Å². The standard InChI is InChI=1S/C20H12Cl2FN3S2/c21-14-6-2-4-8-16(14)25-20-26(24-11-13-5-1-3-7-15(13)23)17(12-27-20)18-9-10-19(22)28-18/h1-12H. The first kappa shape index (κ1) is 19.1. The molecule has 4 aromatic rings. The molecule has 0 aliphatic carbocycles. The Morgan fingerprint density at radius 1 is 0.964 bits per heavy atom. The molecular formula is C20H12Cl2FN3S2. The van der Waals surface area contributed by atoms with Gasteiger partial charge < -0.3 is 0 Å². The molecule has 2 heterocycles. The van der Waals surface area contributed by atoms with Gasteiger partial charge in [-0.1, -0.05) is 53.5 Å². The second-order valence-electron chi connectivity index (χ2n) is 5.65. The van der Waals surface area contributed by atoms with E-state index in [2.05, 4.69) is 10.1 Å². The van der Waals surface area contributed by atoms with Crippen molar-refractivity contribution in [1.82, 2.24) is 4.68 Å². The van der Waals surface area contributed by atoms with Crippen molar-refractivity contribution in [3.05, 3.63) is 91.6 Å². The van der Waals surface area contributed by atoms with Crippen LogP contribution in [0.3, 0.4) is 0 Å². The first-order valence-corrected chi connectivity index (χ1v) is 10.6. The molecule has 0 unspecified atom stereocenters. The molecule has 3 nitrogen and oxygen atoms in total. The number of aromatic nitrogens is 1. The largest absolute Gasteiger partial charge is 0.218 e. The number of benzene rings is 2. The van der Waals surface area contributed by atoms with Gasteiger partial charge in [-0.3, -0.25) is 0 Å². The number of hydrogen-bond donors (Lipinski definition) is 0. The van der Waals surface area contributed by atoms with Gasteiger partial charge in [0.25, 0.3) is 0 Å². The van der Waals surface area contributed by atoms with E-state index in [4.69, 9.17) is 23.2 Å². The van der Waals surface area contributed by atoms with E-state index >= 15 is 0 Å². The van der Waals surface area contributed by atoms with E-state index < -0.39 is 0 Å². The zero-order valence-electron chi connectivity index (χ0n) is 14.2. The third-order valence-corrected chi connectivity index (χ3v) is 6.19. The van der Waals surface area contributed by atoms with Crippen LogP contribution in [0, 0.1) is 5.82 Å². The quantitative estimate of drug-likeness (QED) is 0.306. The fourth-order valence-electron chi connectivity index (χ4n) is 2.46. The van der Waals surface area contributed by atoms with Crippen molar-refractivity contribution in [2.45, 2.75) is 0 Å². The molecule has 0 amide bonds. The normalized spacial score (nSPS) is 12.2. The molecule has 0 atom stereocenters. The number of nitrogens with zero attached hydrogens (tertiary/aromatic N) is 3. The fraction of sp³-hybridized carbons (Fsp3) is 0. The monoisotopic (exact) mass is 447 g/mol. The molecule has 4 rings (SSSR count). The smallest absolute Gasteiger partial charge is 0.211 e. The average Bonchev–Trinajstić information content (AvgIpc) is 3.29. The van der Waals surface area contributed by atoms with Gasteiger partial charge in [0, 0.05) is 10.9 Å². The second-order valence-corrected chi connectivity index (χ2v) is 8.61. The lowest BCUT2D eigenvalue weighted by Gasteiger charge is -2.02. The molecule has 0 spiro atoms. The number of hydrogen-bond acceptors (Lipinski definition) is 4. The number of para-hydroxylation sites is 1. The van der Waals surface area contributed by atoms with Crippen LogP contribution in [-0.2, 0) is 0 Å². The lowest BCUT2D eigenvalue weighted by Crippen LogP contribution is -2.11. The zero-order valence-corrected chi connectivity index (χ0v) is 17.4. The fourth-order valence-corrected chi connectivity index (χ4v) is 4.59. The summed E-state index contributed by atoms with van der Waals surface area (Å²) in [6.45, 7) is 0. The third-order valence-electron chi connectivity index (χ3n) is 3.80. The topological polar surface area (TPSA) is 29.6 Å². The summed E-state index contributed by atoms with van der Waals surface area (Å²) in [6, 6.07) is 17.5. The number of thiophene rings is 1. The maximum atomic E-state index is 14.0. The van der Waals surface area contributed by atoms with Gasteiger partial charge in [-0.25, -0.2) is 14.1 Å². The Balaban J connectivity index is 1.87. The van der Waals surface area contributed by atoms with Gasteiger partial charge >= 0.3 is 0 Å². The molecule has 2 aromatic carbocycles. The molecule has 0 saturated heterocycles. The van der Waals surface area contributed by atoms with Gasteiger partial charge in [-0.2, -0.15) is 5.10 Å². The predicted molar refractivity (Wildman–Crippen MR) is 117 cm³/mol. The minimum Gasteiger partial charge on any atom is -0.218 e. The highest BCUT2D eigenvalue weighted by molar-refractivity contribution is 7.19. The Hall–Kier alpha value is -2.25. The summed E-state index contributed by atoms with van der Waals surface area (Å²) >= 11 is 15.2. The molecule has 0 aliphatic rings. The average molecular weight is 448 g/mol. The predicted octanol–water partition coefficient (Wildman–Crippen LogP) is 6.84. The summed E-state index contributed by atoms with van der Waals surface area (Å²) < 4.78 is 16.3. The van der Waals surface area contributed by atoms with Crippen LogP contribution >= 0.6 is 45.9 Å². The van der Waals surface area contributed by atoms with Crippen LogP contribution in [-0.4, -0.2) is 10.9 Å². The summed E-state index contributed by atoms with van der Waals surface area (Å²) in [7, 11) is 0. The lowest BCUT2D eigenvalue weighted by atomic mass is 10.2. The highest BCUT2D eigenvalue weighted by atomic mass is 35.5. The van der Waals surface area contributed by atoms with Gasteiger partial charge in [0.05, 0.1) is 31.8 Å². The lowest BCUT2D eigenvalue weighted by molar-refractivity contribution is 0.625. The first-order valence-electron chi connectivity index (χ1n) is 8.16. The Kier molecular flexibility index (Phi) is 5.73. The van der Waals surface area contributed by atoms with Crippen molar-refractivity contribution in [2.24, 2.45) is 10.1 Å². The van der Waals surface area contributed by atoms with E-state index in [0.717, 1.165) is 10.6 Å². The van der Waals surface area contributed by atoms with Crippen molar-refractivity contribution in [1.29, 1.82) is 0 Å². The minimum absolute atomic E-state index is 0.340. The SMILES string of the molecule is Fc1ccccc1C=Nn1c(-c2ccc(Cl)s2)csc1=Nc1ccccc1Cl. The Labute approximate surface area is 178 Å². The van der Waals surface area contributed by atoms with Crippen molar-refractivity contribution >= 4 is 57.8 Å². The van der Waals surface area contributed by atoms with Crippen LogP contribution in [0.4, 0.5) is 10.1 Å². The van der Waals surface area contributed by atoms with E-state index in [1.54, 1.807) is 28.9 Å². The highest BCUT2D eigenvalue weighted by Crippen LogP contribution is 2.31. The first-order chi connectivity index (χ1) is 13.6. The molecule has 0 aliphatic heterocycles. The summed E-state index contributed by atoms with van der Waals surface area (Å²) in [5.74, 6) is -0.340. The van der Waals surface area contributed by atoms with E-state index in [-0.39, 0.29) is 5.82 Å². The zero-order chi connectivity index (χ0) is 19.5. The van der Waals surface area contributed by atoms with Crippen LogP contribution in [0.25, 0.3) is 10.6 Å². The second kappa shape index (κ2) is 8.41. The van der Waals surface area contributed by atoms with Gasteiger partial charge in [0.15, 0.2) is 0 Å². The molecule has 0 fully saturated rings. The van der Waals surface area contributed by atoms with Gasteiger partial charge in [0.1, 0.15) is 5.82 Å². The number of rotatable bonds is 4. The van der Waals surface area contributed by atoms with E-state index in [9.17, 15) is 4.39 Å². The number of thiazole rings is 1. The summed E-state index contributed by atoms with van der Waals surface area (Å²) in [5, 5.41) is 6.98. The van der Waals surface area contributed by atoms with Crippen LogP contribution in [0.2, 0.25) is 9.36 Å². The Morgan fingerprint density at radius 3 is 2.50 bits per heavy atom. The van der Waals surface area contributed by atoms with Crippen molar-refractivity contribution in [2.75, 3.05) is 0 Å². The van der Waals surface area contributed by atoms with Gasteiger partial charge in [-0.15, -0.1) is 22.7 Å². The van der Waals surface area contributed by atoms with Crippen LogP contribution in [0.1, 0.15) is 5.56 Å². The van der Waals surface area contributed by atoms with Gasteiger partial charge in [0.2, 0.25) is 4.80 Å². The summed E-state index contributed by atoms with van der Waals surface area (Å²) in [5.41, 5.74) is 1.84.